The normalized spacial score (nSPS) is 11.4. The number of aliphatic carboxylic acids is 1. The van der Waals surface area contributed by atoms with Crippen molar-refractivity contribution in [1.29, 1.82) is 0 Å². The number of carboxylic acid groups (broad SMARTS) is 1. The van der Waals surface area contributed by atoms with Crippen molar-refractivity contribution in [2.24, 2.45) is 0 Å². The van der Waals surface area contributed by atoms with E-state index in [1.165, 1.54) is 19.3 Å². The number of carboxylic acids is 1. The number of aliphatic hydroxyl groups is 1. The first-order chi connectivity index (χ1) is 8.07. The fourth-order valence-corrected chi connectivity index (χ4v) is 1.40. The average molecular weight is 367 g/mol. The molecule has 0 fully saturated rings. The number of unbranched alkanes of at least 4 members (excludes halogenated alkanes) is 5. The van der Waals surface area contributed by atoms with Crippen molar-refractivity contribution in [3.63, 3.8) is 0 Å². The maximum atomic E-state index is 11.1. The number of hydrogen-bond acceptors (Lipinski definition) is 4. The van der Waals surface area contributed by atoms with Crippen LogP contribution < -0.4 is 0 Å². The molecule has 0 heterocycles. The molecule has 0 saturated heterocycles. The fourth-order valence-electron chi connectivity index (χ4n) is 1.40. The second-order valence-corrected chi connectivity index (χ2v) is 4.05. The van der Waals surface area contributed by atoms with Crippen LogP contribution in [-0.2, 0) is 14.3 Å². The number of aliphatic hydroxyl groups excluding tert-OH is 1. The van der Waals surface area contributed by atoms with Crippen LogP contribution in [0.4, 0.5) is 0 Å². The van der Waals surface area contributed by atoms with E-state index in [9.17, 15) is 9.59 Å². The molecule has 0 aromatic carbocycles. The Morgan fingerprint density at radius 1 is 1.11 bits per heavy atom. The van der Waals surface area contributed by atoms with Gasteiger partial charge in [0.25, 0.3) is 0 Å². The molecule has 0 saturated carbocycles. The first-order valence-electron chi connectivity index (χ1n) is 6.14. The van der Waals surface area contributed by atoms with Gasteiger partial charge in [-0.3, -0.25) is 4.79 Å². The Morgan fingerprint density at radius 3 is 2.22 bits per heavy atom. The van der Waals surface area contributed by atoms with E-state index in [-0.39, 0.29) is 30.5 Å². The number of rotatable bonds is 10. The molecule has 0 rings (SSSR count). The van der Waals surface area contributed by atoms with E-state index in [4.69, 9.17) is 14.9 Å². The minimum atomic E-state index is -1.55. The summed E-state index contributed by atoms with van der Waals surface area (Å²) in [6, 6.07) is 0. The van der Waals surface area contributed by atoms with Crippen LogP contribution in [0.25, 0.3) is 0 Å². The molecule has 106 valence electrons. The van der Waals surface area contributed by atoms with Crippen LogP contribution in [0.5, 0.6) is 0 Å². The van der Waals surface area contributed by atoms with Crippen LogP contribution in [0, 0.1) is 0 Å². The van der Waals surface area contributed by atoms with Gasteiger partial charge in [-0.1, -0.05) is 39.0 Å². The molecule has 0 aliphatic carbocycles. The fraction of sp³-hybridized carbons (Fsp3) is 0.833. The van der Waals surface area contributed by atoms with Gasteiger partial charge in [-0.25, -0.2) is 4.79 Å². The molecule has 0 bridgehead atoms. The Bertz CT molecular complexity index is 233. The van der Waals surface area contributed by atoms with Crippen LogP contribution in [0.1, 0.15) is 51.9 Å². The van der Waals surface area contributed by atoms with Gasteiger partial charge in [0.1, 0.15) is 0 Å². The van der Waals surface area contributed by atoms with E-state index in [0.29, 0.717) is 0 Å². The number of carbonyl (C=O) groups excluding carboxylic acids is 1. The van der Waals surface area contributed by atoms with E-state index in [2.05, 4.69) is 6.92 Å². The van der Waals surface area contributed by atoms with Gasteiger partial charge in [-0.2, -0.15) is 0 Å². The Hall–Kier alpha value is -0.301. The van der Waals surface area contributed by atoms with Crippen molar-refractivity contribution in [2.75, 3.05) is 6.61 Å². The van der Waals surface area contributed by atoms with E-state index in [1.807, 2.05) is 0 Å². The summed E-state index contributed by atoms with van der Waals surface area (Å²) in [5, 5.41) is 17.5. The maximum absolute atomic E-state index is 11.1. The summed E-state index contributed by atoms with van der Waals surface area (Å²) in [6.45, 7) is 2.40. The van der Waals surface area contributed by atoms with E-state index in [0.717, 1.165) is 19.3 Å². The van der Waals surface area contributed by atoms with Gasteiger partial charge < -0.3 is 14.9 Å². The van der Waals surface area contributed by atoms with Crippen molar-refractivity contribution in [3.8, 4) is 0 Å². The molecular weight excluding hydrogens is 343 g/mol. The summed E-state index contributed by atoms with van der Waals surface area (Å²) >= 11 is 0. The molecule has 0 aliphatic heterocycles. The van der Waals surface area contributed by atoms with Crippen molar-refractivity contribution in [2.45, 2.75) is 58.0 Å². The first-order valence-corrected chi connectivity index (χ1v) is 6.14. The summed E-state index contributed by atoms with van der Waals surface area (Å²) < 4.78 is 4.76. The topological polar surface area (TPSA) is 83.8 Å². The number of esters is 1. The third-order valence-electron chi connectivity index (χ3n) is 2.38. The van der Waals surface area contributed by atoms with Crippen molar-refractivity contribution >= 4 is 35.8 Å². The van der Waals surface area contributed by atoms with Gasteiger partial charge in [-0.15, -0.1) is 0 Å². The number of carbonyl (C=O) groups is 2. The average Bonchev–Trinajstić information content (AvgIpc) is 2.26. The van der Waals surface area contributed by atoms with Crippen LogP contribution in [0.2, 0.25) is 0 Å². The molecular formula is C12H24O5Sn. The monoisotopic (exact) mass is 368 g/mol. The second kappa shape index (κ2) is 13.1. The SMILES string of the molecule is CCCCCCCCOC(=O)C(O)CC(=O)O.[SnH2]. The van der Waals surface area contributed by atoms with Gasteiger partial charge >= 0.3 is 35.8 Å². The molecule has 0 aromatic heterocycles. The van der Waals surface area contributed by atoms with Crippen LogP contribution in [-0.4, -0.2) is 58.8 Å². The molecule has 2 N–H and O–H groups in total. The number of hydrogen-bond donors (Lipinski definition) is 2. The molecule has 6 heteroatoms. The minimum absolute atomic E-state index is 0. The summed E-state index contributed by atoms with van der Waals surface area (Å²) in [6.07, 6.45) is 4.31. The van der Waals surface area contributed by atoms with Crippen molar-refractivity contribution in [1.82, 2.24) is 0 Å². The third-order valence-corrected chi connectivity index (χ3v) is 2.38. The summed E-state index contributed by atoms with van der Waals surface area (Å²) in [5.74, 6) is -2.06. The standard InChI is InChI=1S/C12H22O5.Sn.2H/c1-2-3-4-5-6-7-8-17-12(16)10(13)9-11(14)15;;;/h10,13H,2-9H2,1H3,(H,14,15);;;. The van der Waals surface area contributed by atoms with Gasteiger partial charge in [0.2, 0.25) is 0 Å². The molecule has 0 aliphatic rings. The van der Waals surface area contributed by atoms with Crippen LogP contribution in [0.3, 0.4) is 0 Å². The predicted octanol–water partition coefficient (Wildman–Crippen LogP) is 0.809. The summed E-state index contributed by atoms with van der Waals surface area (Å²) in [4.78, 5) is 21.3. The molecule has 5 nitrogen and oxygen atoms in total. The zero-order valence-corrected chi connectivity index (χ0v) is 15.1. The Kier molecular flexibility index (Phi) is 14.6. The first kappa shape index (κ1) is 20.0. The molecule has 18 heavy (non-hydrogen) atoms. The summed E-state index contributed by atoms with van der Waals surface area (Å²) in [5.41, 5.74) is 0. The molecule has 0 spiro atoms. The van der Waals surface area contributed by atoms with Gasteiger partial charge in [0.05, 0.1) is 13.0 Å². The van der Waals surface area contributed by atoms with E-state index < -0.39 is 24.5 Å². The summed E-state index contributed by atoms with van der Waals surface area (Å²) in [7, 11) is 0. The van der Waals surface area contributed by atoms with Crippen molar-refractivity contribution < 1.29 is 24.5 Å². The zero-order valence-electron chi connectivity index (χ0n) is 11.1. The molecule has 0 aromatic rings. The Labute approximate surface area is 125 Å². The molecule has 0 amide bonds. The van der Waals surface area contributed by atoms with Crippen molar-refractivity contribution in [3.05, 3.63) is 0 Å². The van der Waals surface area contributed by atoms with Crippen LogP contribution >= 0.6 is 0 Å². The van der Waals surface area contributed by atoms with E-state index in [1.54, 1.807) is 0 Å². The zero-order chi connectivity index (χ0) is 13.1. The second-order valence-electron chi connectivity index (χ2n) is 4.05. The van der Waals surface area contributed by atoms with E-state index >= 15 is 0 Å². The molecule has 1 unspecified atom stereocenters. The molecule has 2 radical (unpaired) electrons. The van der Waals surface area contributed by atoms with Gasteiger partial charge in [0.15, 0.2) is 6.10 Å². The molecule has 1 atom stereocenters. The third kappa shape index (κ3) is 12.2. The van der Waals surface area contributed by atoms with Crippen LogP contribution in [0.15, 0.2) is 0 Å². The Morgan fingerprint density at radius 2 is 1.67 bits per heavy atom. The van der Waals surface area contributed by atoms with Gasteiger partial charge in [0, 0.05) is 0 Å². The quantitative estimate of drug-likeness (QED) is 0.339. The predicted molar refractivity (Wildman–Crippen MR) is 71.1 cm³/mol. The Balaban J connectivity index is 0. The number of ether oxygens (including phenoxy) is 1. The van der Waals surface area contributed by atoms with Gasteiger partial charge in [-0.05, 0) is 6.42 Å².